The monoisotopic (exact) mass is 146 g/mol. The minimum absolute atomic E-state index is 0.0232. The fourth-order valence-electron chi connectivity index (χ4n) is 1.38. The van der Waals surface area contributed by atoms with Crippen molar-refractivity contribution in [3.05, 3.63) is 0 Å². The van der Waals surface area contributed by atoms with E-state index in [1.807, 2.05) is 0 Å². The van der Waals surface area contributed by atoms with Gasteiger partial charge in [0, 0.05) is 27.1 Å². The molecule has 1 aliphatic rings. The highest BCUT2D eigenvalue weighted by atomic mass is 16.5. The van der Waals surface area contributed by atoms with Crippen LogP contribution in [0.2, 0.25) is 0 Å². The highest BCUT2D eigenvalue weighted by molar-refractivity contribution is 4.84. The van der Waals surface area contributed by atoms with Gasteiger partial charge in [0.15, 0.2) is 0 Å². The minimum atomic E-state index is -0.338. The number of aliphatic hydroxyl groups excluding tert-OH is 1. The van der Waals surface area contributed by atoms with Gasteiger partial charge in [-0.3, -0.25) is 0 Å². The summed E-state index contributed by atoms with van der Waals surface area (Å²) in [5, 5.41) is 9.29. The summed E-state index contributed by atoms with van der Waals surface area (Å²) in [5.74, 6) is 0. The average molecular weight is 146 g/mol. The fraction of sp³-hybridized carbons (Fsp3) is 1.00. The van der Waals surface area contributed by atoms with Crippen LogP contribution in [0.3, 0.4) is 0 Å². The molecule has 0 aromatic carbocycles. The maximum Gasteiger partial charge on any atom is 0.0855 e. The van der Waals surface area contributed by atoms with E-state index >= 15 is 0 Å². The Morgan fingerprint density at radius 1 is 1.20 bits per heavy atom. The molecule has 1 unspecified atom stereocenters. The third-order valence-electron chi connectivity index (χ3n) is 2.06. The molecule has 3 atom stereocenters. The van der Waals surface area contributed by atoms with E-state index in [-0.39, 0.29) is 18.3 Å². The molecular formula is C7H14O3. The van der Waals surface area contributed by atoms with Crippen molar-refractivity contribution < 1.29 is 14.6 Å². The van der Waals surface area contributed by atoms with Crippen molar-refractivity contribution >= 4 is 0 Å². The van der Waals surface area contributed by atoms with Gasteiger partial charge in [0.1, 0.15) is 0 Å². The smallest absolute Gasteiger partial charge is 0.0855 e. The third-order valence-corrected chi connectivity index (χ3v) is 2.06. The summed E-state index contributed by atoms with van der Waals surface area (Å²) in [5.41, 5.74) is 0. The van der Waals surface area contributed by atoms with Gasteiger partial charge in [0.05, 0.1) is 18.3 Å². The molecule has 0 aliphatic heterocycles. The van der Waals surface area contributed by atoms with Crippen molar-refractivity contribution in [3.8, 4) is 0 Å². The van der Waals surface area contributed by atoms with Gasteiger partial charge in [-0.15, -0.1) is 0 Å². The van der Waals surface area contributed by atoms with E-state index in [1.165, 1.54) is 0 Å². The number of ether oxygens (including phenoxy) is 2. The van der Waals surface area contributed by atoms with Crippen LogP contribution in [-0.4, -0.2) is 37.6 Å². The molecule has 3 nitrogen and oxygen atoms in total. The van der Waals surface area contributed by atoms with Gasteiger partial charge in [0.25, 0.3) is 0 Å². The first-order valence-electron chi connectivity index (χ1n) is 3.51. The Kier molecular flexibility index (Phi) is 2.65. The van der Waals surface area contributed by atoms with Crippen molar-refractivity contribution in [2.45, 2.75) is 31.2 Å². The molecule has 1 fully saturated rings. The number of methoxy groups -OCH3 is 2. The number of aliphatic hydroxyl groups is 1. The van der Waals surface area contributed by atoms with E-state index in [1.54, 1.807) is 14.2 Å². The lowest BCUT2D eigenvalue weighted by molar-refractivity contribution is 0.00939. The molecular weight excluding hydrogens is 132 g/mol. The van der Waals surface area contributed by atoms with Crippen LogP contribution >= 0.6 is 0 Å². The summed E-state index contributed by atoms with van der Waals surface area (Å²) in [7, 11) is 3.28. The van der Waals surface area contributed by atoms with Gasteiger partial charge < -0.3 is 14.6 Å². The SMILES string of the molecule is COC1C[C@H](OC)[C@@H](O)C1. The second-order valence-corrected chi connectivity index (χ2v) is 2.67. The quantitative estimate of drug-likeness (QED) is 0.603. The Morgan fingerprint density at radius 3 is 2.20 bits per heavy atom. The zero-order valence-electron chi connectivity index (χ0n) is 6.41. The van der Waals surface area contributed by atoms with E-state index in [0.29, 0.717) is 6.42 Å². The fourth-order valence-corrected chi connectivity index (χ4v) is 1.38. The van der Waals surface area contributed by atoms with E-state index in [0.717, 1.165) is 6.42 Å². The van der Waals surface area contributed by atoms with E-state index in [9.17, 15) is 5.11 Å². The van der Waals surface area contributed by atoms with E-state index in [4.69, 9.17) is 9.47 Å². The van der Waals surface area contributed by atoms with Crippen molar-refractivity contribution in [1.29, 1.82) is 0 Å². The van der Waals surface area contributed by atoms with Gasteiger partial charge in [-0.2, -0.15) is 0 Å². The lowest BCUT2D eigenvalue weighted by atomic mass is 10.3. The number of rotatable bonds is 2. The Bertz CT molecular complexity index is 105. The molecule has 60 valence electrons. The molecule has 1 saturated carbocycles. The maximum absolute atomic E-state index is 9.29. The van der Waals surface area contributed by atoms with Crippen molar-refractivity contribution in [3.63, 3.8) is 0 Å². The maximum atomic E-state index is 9.29. The molecule has 0 radical (unpaired) electrons. The summed E-state index contributed by atoms with van der Waals surface area (Å²) >= 11 is 0. The van der Waals surface area contributed by atoms with Gasteiger partial charge in [0.2, 0.25) is 0 Å². The van der Waals surface area contributed by atoms with Crippen LogP contribution in [0.25, 0.3) is 0 Å². The van der Waals surface area contributed by atoms with Gasteiger partial charge >= 0.3 is 0 Å². The van der Waals surface area contributed by atoms with E-state index < -0.39 is 0 Å². The standard InChI is InChI=1S/C7H14O3/c1-9-5-3-6(8)7(4-5)10-2/h5-8H,3-4H2,1-2H3/t5?,6-,7-/m0/s1. The largest absolute Gasteiger partial charge is 0.390 e. The van der Waals surface area contributed by atoms with Gasteiger partial charge in [-0.1, -0.05) is 0 Å². The van der Waals surface area contributed by atoms with Crippen LogP contribution in [0.15, 0.2) is 0 Å². The number of hydrogen-bond donors (Lipinski definition) is 1. The second-order valence-electron chi connectivity index (χ2n) is 2.67. The average Bonchev–Trinajstić information content (AvgIpc) is 2.30. The summed E-state index contributed by atoms with van der Waals surface area (Å²) in [6, 6.07) is 0. The predicted octanol–water partition coefficient (Wildman–Crippen LogP) is 0.171. The first kappa shape index (κ1) is 7.98. The zero-order valence-corrected chi connectivity index (χ0v) is 6.41. The van der Waals surface area contributed by atoms with Crippen LogP contribution < -0.4 is 0 Å². The Morgan fingerprint density at radius 2 is 1.90 bits per heavy atom. The van der Waals surface area contributed by atoms with Crippen LogP contribution in [0.1, 0.15) is 12.8 Å². The molecule has 0 aromatic rings. The molecule has 1 aliphatic carbocycles. The highest BCUT2D eigenvalue weighted by Crippen LogP contribution is 2.23. The predicted molar refractivity (Wildman–Crippen MR) is 36.8 cm³/mol. The van der Waals surface area contributed by atoms with Gasteiger partial charge in [-0.25, -0.2) is 0 Å². The van der Waals surface area contributed by atoms with Crippen molar-refractivity contribution in [2.75, 3.05) is 14.2 Å². The Hall–Kier alpha value is -0.120. The first-order valence-corrected chi connectivity index (χ1v) is 3.51. The molecule has 3 heteroatoms. The van der Waals surface area contributed by atoms with Crippen LogP contribution in [0, 0.1) is 0 Å². The lowest BCUT2D eigenvalue weighted by Gasteiger charge is -2.10. The molecule has 0 saturated heterocycles. The topological polar surface area (TPSA) is 38.7 Å². The molecule has 0 heterocycles. The van der Waals surface area contributed by atoms with Crippen LogP contribution in [0.5, 0.6) is 0 Å². The molecule has 10 heavy (non-hydrogen) atoms. The van der Waals surface area contributed by atoms with Crippen LogP contribution in [-0.2, 0) is 9.47 Å². The minimum Gasteiger partial charge on any atom is -0.390 e. The Labute approximate surface area is 60.9 Å². The highest BCUT2D eigenvalue weighted by Gasteiger charge is 2.32. The van der Waals surface area contributed by atoms with Crippen LogP contribution in [0.4, 0.5) is 0 Å². The molecule has 1 rings (SSSR count). The van der Waals surface area contributed by atoms with Crippen molar-refractivity contribution in [1.82, 2.24) is 0 Å². The lowest BCUT2D eigenvalue weighted by Crippen LogP contribution is -2.20. The summed E-state index contributed by atoms with van der Waals surface area (Å²) in [4.78, 5) is 0. The Balaban J connectivity index is 2.36. The molecule has 0 bridgehead atoms. The van der Waals surface area contributed by atoms with Gasteiger partial charge in [-0.05, 0) is 0 Å². The molecule has 0 aromatic heterocycles. The summed E-state index contributed by atoms with van der Waals surface area (Å²) in [6.45, 7) is 0. The summed E-state index contributed by atoms with van der Waals surface area (Å²) < 4.78 is 10.1. The second kappa shape index (κ2) is 3.32. The first-order chi connectivity index (χ1) is 4.77. The molecule has 0 spiro atoms. The molecule has 0 amide bonds. The summed E-state index contributed by atoms with van der Waals surface area (Å²) in [6.07, 6.45) is 1.34. The normalized spacial score (nSPS) is 40.5. The number of hydrogen-bond acceptors (Lipinski definition) is 3. The third kappa shape index (κ3) is 1.48. The van der Waals surface area contributed by atoms with E-state index in [2.05, 4.69) is 0 Å². The van der Waals surface area contributed by atoms with Crippen molar-refractivity contribution in [2.24, 2.45) is 0 Å². The molecule has 1 N–H and O–H groups in total. The zero-order chi connectivity index (χ0) is 7.56.